The standard InChI is InChI=1S/C18H22F2N4O/c1-14-11-16(18(19)20)21-24(14)13-17(25)23-9-7-22(8-10-23)12-15-5-3-2-4-6-15/h2-6,11,18H,7-10,12-13H2,1H3. The number of hydrogen-bond donors (Lipinski definition) is 0. The summed E-state index contributed by atoms with van der Waals surface area (Å²) >= 11 is 0. The van der Waals surface area contributed by atoms with Crippen LogP contribution in [0.2, 0.25) is 0 Å². The molecule has 1 aromatic heterocycles. The van der Waals surface area contributed by atoms with Gasteiger partial charge in [-0.15, -0.1) is 0 Å². The number of amides is 1. The zero-order valence-corrected chi connectivity index (χ0v) is 14.2. The van der Waals surface area contributed by atoms with Crippen molar-refractivity contribution < 1.29 is 13.6 Å². The highest BCUT2D eigenvalue weighted by Crippen LogP contribution is 2.18. The lowest BCUT2D eigenvalue weighted by Gasteiger charge is -2.34. The van der Waals surface area contributed by atoms with Gasteiger partial charge >= 0.3 is 0 Å². The van der Waals surface area contributed by atoms with E-state index in [9.17, 15) is 13.6 Å². The SMILES string of the molecule is Cc1cc(C(F)F)nn1CC(=O)N1CCN(Cc2ccccc2)CC1. The third kappa shape index (κ3) is 4.42. The Labute approximate surface area is 145 Å². The first-order chi connectivity index (χ1) is 12.0. The molecule has 5 nitrogen and oxygen atoms in total. The summed E-state index contributed by atoms with van der Waals surface area (Å²) in [5, 5.41) is 3.82. The average Bonchev–Trinajstić information content (AvgIpc) is 2.97. The van der Waals surface area contributed by atoms with Gasteiger partial charge in [0.15, 0.2) is 0 Å². The highest BCUT2D eigenvalue weighted by atomic mass is 19.3. The number of nitrogens with zero attached hydrogens (tertiary/aromatic N) is 4. The molecule has 134 valence electrons. The lowest BCUT2D eigenvalue weighted by Crippen LogP contribution is -2.49. The monoisotopic (exact) mass is 348 g/mol. The molecule has 7 heteroatoms. The van der Waals surface area contributed by atoms with Crippen molar-refractivity contribution in [2.45, 2.75) is 26.4 Å². The summed E-state index contributed by atoms with van der Waals surface area (Å²) in [4.78, 5) is 16.5. The van der Waals surface area contributed by atoms with Gasteiger partial charge in [-0.05, 0) is 18.6 Å². The molecule has 0 saturated carbocycles. The van der Waals surface area contributed by atoms with Gasteiger partial charge in [0.1, 0.15) is 12.2 Å². The second kappa shape index (κ2) is 7.74. The predicted molar refractivity (Wildman–Crippen MR) is 90.2 cm³/mol. The number of halogens is 2. The number of benzene rings is 1. The molecule has 0 spiro atoms. The number of carbonyl (C=O) groups is 1. The van der Waals surface area contributed by atoms with E-state index in [0.717, 1.165) is 19.6 Å². The summed E-state index contributed by atoms with van der Waals surface area (Å²) in [7, 11) is 0. The number of hydrogen-bond acceptors (Lipinski definition) is 3. The summed E-state index contributed by atoms with van der Waals surface area (Å²) < 4.78 is 26.8. The van der Waals surface area contributed by atoms with Gasteiger partial charge in [-0.25, -0.2) is 8.78 Å². The molecule has 25 heavy (non-hydrogen) atoms. The van der Waals surface area contributed by atoms with Crippen LogP contribution in [0.1, 0.15) is 23.4 Å². The van der Waals surface area contributed by atoms with Crippen molar-refractivity contribution >= 4 is 5.91 Å². The largest absolute Gasteiger partial charge is 0.339 e. The van der Waals surface area contributed by atoms with Crippen molar-refractivity contribution in [1.29, 1.82) is 0 Å². The topological polar surface area (TPSA) is 41.4 Å². The van der Waals surface area contributed by atoms with E-state index in [1.807, 2.05) is 18.2 Å². The van der Waals surface area contributed by atoms with E-state index in [4.69, 9.17) is 0 Å². The minimum atomic E-state index is -2.61. The van der Waals surface area contributed by atoms with Gasteiger partial charge in [0.2, 0.25) is 5.91 Å². The fourth-order valence-corrected chi connectivity index (χ4v) is 3.03. The van der Waals surface area contributed by atoms with Crippen molar-refractivity contribution in [1.82, 2.24) is 19.6 Å². The third-order valence-electron chi connectivity index (χ3n) is 4.48. The smallest absolute Gasteiger partial charge is 0.282 e. The van der Waals surface area contributed by atoms with Crippen molar-refractivity contribution in [2.24, 2.45) is 0 Å². The van der Waals surface area contributed by atoms with Gasteiger partial charge in [0.25, 0.3) is 6.43 Å². The van der Waals surface area contributed by atoms with Crippen LogP contribution in [0.15, 0.2) is 36.4 Å². The summed E-state index contributed by atoms with van der Waals surface area (Å²) in [6, 6.07) is 11.6. The highest BCUT2D eigenvalue weighted by molar-refractivity contribution is 5.76. The molecule has 1 aliphatic rings. The van der Waals surface area contributed by atoms with E-state index < -0.39 is 6.43 Å². The van der Waals surface area contributed by atoms with E-state index in [1.54, 1.807) is 11.8 Å². The molecule has 0 unspecified atom stereocenters. The zero-order chi connectivity index (χ0) is 17.8. The van der Waals surface area contributed by atoms with Crippen LogP contribution in [0, 0.1) is 6.92 Å². The molecule has 3 rings (SSSR count). The van der Waals surface area contributed by atoms with Crippen molar-refractivity contribution in [3.8, 4) is 0 Å². The molecule has 1 amide bonds. The number of piperazine rings is 1. The normalized spacial score (nSPS) is 15.8. The van der Waals surface area contributed by atoms with Gasteiger partial charge in [-0.2, -0.15) is 5.10 Å². The zero-order valence-electron chi connectivity index (χ0n) is 14.2. The van der Waals surface area contributed by atoms with Crippen LogP contribution in [-0.4, -0.2) is 51.7 Å². The van der Waals surface area contributed by atoms with Gasteiger partial charge in [0.05, 0.1) is 0 Å². The third-order valence-corrected chi connectivity index (χ3v) is 4.48. The van der Waals surface area contributed by atoms with Crippen LogP contribution in [-0.2, 0) is 17.9 Å². The molecule has 1 aromatic carbocycles. The maximum absolute atomic E-state index is 12.7. The van der Waals surface area contributed by atoms with Crippen molar-refractivity contribution in [3.63, 3.8) is 0 Å². The summed E-state index contributed by atoms with van der Waals surface area (Å²) in [5.41, 5.74) is 1.55. The summed E-state index contributed by atoms with van der Waals surface area (Å²) in [5.74, 6) is -0.0774. The van der Waals surface area contributed by atoms with E-state index in [-0.39, 0.29) is 18.1 Å². The minimum absolute atomic E-state index is 0.0111. The molecule has 0 aliphatic carbocycles. The molecule has 1 fully saturated rings. The van der Waals surface area contributed by atoms with Crippen molar-refractivity contribution in [2.75, 3.05) is 26.2 Å². The molecular formula is C18H22F2N4O. The summed E-state index contributed by atoms with van der Waals surface area (Å²) in [6.45, 7) is 5.48. The number of carbonyl (C=O) groups excluding carboxylic acids is 1. The van der Waals surface area contributed by atoms with E-state index in [1.165, 1.54) is 16.3 Å². The molecule has 1 aliphatic heterocycles. The Bertz CT molecular complexity index is 709. The molecule has 0 N–H and O–H groups in total. The number of rotatable bonds is 5. The summed E-state index contributed by atoms with van der Waals surface area (Å²) in [6.07, 6.45) is -2.61. The molecule has 1 saturated heterocycles. The quantitative estimate of drug-likeness (QED) is 0.834. The van der Waals surface area contributed by atoms with Crippen molar-refractivity contribution in [3.05, 3.63) is 53.3 Å². The maximum Gasteiger partial charge on any atom is 0.282 e. The fourth-order valence-electron chi connectivity index (χ4n) is 3.03. The van der Waals surface area contributed by atoms with Crippen LogP contribution >= 0.6 is 0 Å². The Hall–Kier alpha value is -2.28. The first kappa shape index (κ1) is 17.5. The van der Waals surface area contributed by atoms with E-state index in [0.29, 0.717) is 18.8 Å². The molecule has 0 bridgehead atoms. The van der Waals surface area contributed by atoms with Crippen LogP contribution in [0.4, 0.5) is 8.78 Å². The molecular weight excluding hydrogens is 326 g/mol. The second-order valence-electron chi connectivity index (χ2n) is 6.31. The Morgan fingerprint density at radius 3 is 2.44 bits per heavy atom. The minimum Gasteiger partial charge on any atom is -0.339 e. The van der Waals surface area contributed by atoms with Gasteiger partial charge < -0.3 is 4.90 Å². The van der Waals surface area contributed by atoms with Crippen LogP contribution in [0.25, 0.3) is 0 Å². The maximum atomic E-state index is 12.7. The van der Waals surface area contributed by atoms with Crippen LogP contribution < -0.4 is 0 Å². The molecule has 0 atom stereocenters. The van der Waals surface area contributed by atoms with Crippen LogP contribution in [0.3, 0.4) is 0 Å². The first-order valence-electron chi connectivity index (χ1n) is 8.39. The highest BCUT2D eigenvalue weighted by Gasteiger charge is 2.22. The molecule has 0 radical (unpaired) electrons. The fraction of sp³-hybridized carbons (Fsp3) is 0.444. The number of aryl methyl sites for hydroxylation is 1. The Balaban J connectivity index is 1.51. The predicted octanol–water partition coefficient (Wildman–Crippen LogP) is 2.47. The van der Waals surface area contributed by atoms with Gasteiger partial charge in [-0.1, -0.05) is 30.3 Å². The van der Waals surface area contributed by atoms with E-state index >= 15 is 0 Å². The Kier molecular flexibility index (Phi) is 5.43. The second-order valence-corrected chi connectivity index (χ2v) is 6.31. The lowest BCUT2D eigenvalue weighted by atomic mass is 10.2. The van der Waals surface area contributed by atoms with Gasteiger partial charge in [-0.3, -0.25) is 14.4 Å². The Morgan fingerprint density at radius 2 is 1.84 bits per heavy atom. The first-order valence-corrected chi connectivity index (χ1v) is 8.39. The average molecular weight is 348 g/mol. The number of aromatic nitrogens is 2. The number of alkyl halides is 2. The van der Waals surface area contributed by atoms with E-state index in [2.05, 4.69) is 22.1 Å². The van der Waals surface area contributed by atoms with Gasteiger partial charge in [0, 0.05) is 38.4 Å². The van der Waals surface area contributed by atoms with Crippen LogP contribution in [0.5, 0.6) is 0 Å². The molecule has 2 aromatic rings. The molecule has 2 heterocycles. The Morgan fingerprint density at radius 1 is 1.16 bits per heavy atom. The lowest BCUT2D eigenvalue weighted by molar-refractivity contribution is -0.133.